The Hall–Kier alpha value is -1.44. The van der Waals surface area contributed by atoms with Crippen molar-refractivity contribution in [1.29, 1.82) is 0 Å². The monoisotopic (exact) mass is 491 g/mol. The third kappa shape index (κ3) is 4.58. The summed E-state index contributed by atoms with van der Waals surface area (Å²) in [5, 5.41) is 3.38. The molecule has 1 fully saturated rings. The third-order valence-corrected chi connectivity index (χ3v) is 6.60. The molecule has 0 spiro atoms. The van der Waals surface area contributed by atoms with Crippen molar-refractivity contribution in [2.45, 2.75) is 25.3 Å². The molecule has 2 aromatic rings. The number of ketones is 1. The van der Waals surface area contributed by atoms with Gasteiger partial charge in [-0.05, 0) is 91.5 Å². The van der Waals surface area contributed by atoms with Crippen LogP contribution in [0.1, 0.15) is 29.3 Å². The minimum atomic E-state index is -0.538. The van der Waals surface area contributed by atoms with Crippen LogP contribution in [0.15, 0.2) is 48.5 Å². The quantitative estimate of drug-likeness (QED) is 0.472. The summed E-state index contributed by atoms with van der Waals surface area (Å²) in [4.78, 5) is 18.1. The van der Waals surface area contributed by atoms with Gasteiger partial charge in [0.2, 0.25) is 0 Å². The molecule has 150 valence electrons. The van der Waals surface area contributed by atoms with Crippen LogP contribution in [-0.2, 0) is 6.42 Å². The van der Waals surface area contributed by atoms with Crippen LogP contribution in [0.5, 0.6) is 0 Å². The predicted octanol–water partition coefficient (Wildman–Crippen LogP) is 3.84. The van der Waals surface area contributed by atoms with E-state index in [2.05, 4.69) is 81.0 Å². The summed E-state index contributed by atoms with van der Waals surface area (Å²) in [6.45, 7) is 6.15. The average Bonchev–Trinajstić information content (AvgIpc) is 2.73. The van der Waals surface area contributed by atoms with Crippen molar-refractivity contribution < 1.29 is 4.79 Å². The average molecular weight is 491 g/mol. The Balaban J connectivity index is 1.85. The van der Waals surface area contributed by atoms with Crippen LogP contribution in [0.2, 0.25) is 0 Å². The van der Waals surface area contributed by atoms with Crippen molar-refractivity contribution in [1.82, 2.24) is 10.2 Å². The zero-order valence-electron chi connectivity index (χ0n) is 17.0. The van der Waals surface area contributed by atoms with E-state index < -0.39 is 5.54 Å². The van der Waals surface area contributed by atoms with Gasteiger partial charge >= 0.3 is 0 Å². The van der Waals surface area contributed by atoms with Gasteiger partial charge in [0.15, 0.2) is 5.78 Å². The Kier molecular flexibility index (Phi) is 7.12. The molecule has 2 aromatic carbocycles. The third-order valence-electron chi connectivity index (χ3n) is 5.89. The Morgan fingerprint density at radius 1 is 1.07 bits per heavy atom. The largest absolute Gasteiger partial charge is 0.369 e. The van der Waals surface area contributed by atoms with Crippen LogP contribution in [0.3, 0.4) is 0 Å². The highest BCUT2D eigenvalue weighted by Crippen LogP contribution is 2.29. The maximum Gasteiger partial charge on any atom is 0.183 e. The number of carbonyl (C=O) groups is 1. The molecular weight excluding hydrogens is 461 g/mol. The highest BCUT2D eigenvalue weighted by Gasteiger charge is 2.39. The van der Waals surface area contributed by atoms with Gasteiger partial charge in [0.05, 0.1) is 5.54 Å². The van der Waals surface area contributed by atoms with E-state index in [0.29, 0.717) is 6.42 Å². The van der Waals surface area contributed by atoms with Crippen molar-refractivity contribution in [3.63, 3.8) is 0 Å². The standard InChI is InChI=1S/C23H30IN3O/c1-4-23(26(2)3,17-18-5-9-20(24)10-6-18)22(28)19-7-11-21(12-8-19)27-15-13-25-14-16-27/h5-12,25H,4,13-17H2,1-3H3. The van der Waals surface area contributed by atoms with E-state index in [1.807, 2.05) is 26.2 Å². The number of piperazine rings is 1. The van der Waals surface area contributed by atoms with Gasteiger partial charge in [-0.15, -0.1) is 0 Å². The summed E-state index contributed by atoms with van der Waals surface area (Å²) in [5.41, 5.74) is 2.65. The maximum absolute atomic E-state index is 13.6. The molecule has 0 amide bonds. The summed E-state index contributed by atoms with van der Waals surface area (Å²) >= 11 is 2.32. The number of rotatable bonds is 7. The molecule has 0 saturated carbocycles. The number of carbonyl (C=O) groups excluding carboxylic acids is 1. The number of anilines is 1. The molecule has 1 aliphatic rings. The minimum absolute atomic E-state index is 0.199. The first-order chi connectivity index (χ1) is 13.5. The molecule has 3 rings (SSSR count). The van der Waals surface area contributed by atoms with Crippen LogP contribution in [0.25, 0.3) is 0 Å². The second-order valence-corrected chi connectivity index (χ2v) is 8.94. The predicted molar refractivity (Wildman–Crippen MR) is 125 cm³/mol. The molecule has 5 heteroatoms. The zero-order valence-corrected chi connectivity index (χ0v) is 19.2. The van der Waals surface area contributed by atoms with E-state index in [9.17, 15) is 4.79 Å². The molecule has 0 radical (unpaired) electrons. The summed E-state index contributed by atoms with van der Waals surface area (Å²) < 4.78 is 1.21. The fraction of sp³-hybridized carbons (Fsp3) is 0.435. The number of Topliss-reactive ketones (excluding diaryl/α,β-unsaturated/α-hetero) is 1. The van der Waals surface area contributed by atoms with Gasteiger partial charge in [0.1, 0.15) is 0 Å². The number of likely N-dealkylation sites (N-methyl/N-ethyl adjacent to an activating group) is 1. The molecule has 1 atom stereocenters. The lowest BCUT2D eigenvalue weighted by Crippen LogP contribution is -2.52. The molecule has 1 unspecified atom stereocenters. The van der Waals surface area contributed by atoms with Gasteiger partial charge in [0, 0.05) is 41.0 Å². The Morgan fingerprint density at radius 3 is 2.21 bits per heavy atom. The molecule has 0 aliphatic carbocycles. The minimum Gasteiger partial charge on any atom is -0.369 e. The summed E-state index contributed by atoms with van der Waals surface area (Å²) in [6, 6.07) is 16.7. The van der Waals surface area contributed by atoms with Crippen LogP contribution in [0.4, 0.5) is 5.69 Å². The lowest BCUT2D eigenvalue weighted by atomic mass is 9.80. The highest BCUT2D eigenvalue weighted by atomic mass is 127. The first kappa shape index (κ1) is 21.3. The van der Waals surface area contributed by atoms with E-state index in [4.69, 9.17) is 0 Å². The maximum atomic E-state index is 13.6. The Morgan fingerprint density at radius 2 is 1.68 bits per heavy atom. The number of hydrogen-bond acceptors (Lipinski definition) is 4. The molecule has 1 saturated heterocycles. The lowest BCUT2D eigenvalue weighted by Gasteiger charge is -2.38. The van der Waals surface area contributed by atoms with Gasteiger partial charge in [-0.25, -0.2) is 0 Å². The number of halogens is 1. The van der Waals surface area contributed by atoms with Gasteiger partial charge in [-0.1, -0.05) is 19.1 Å². The smallest absolute Gasteiger partial charge is 0.183 e. The number of hydrogen-bond donors (Lipinski definition) is 1. The Bertz CT molecular complexity index is 782. The molecular formula is C23H30IN3O. The second kappa shape index (κ2) is 9.37. The fourth-order valence-corrected chi connectivity index (χ4v) is 4.36. The number of nitrogens with zero attached hydrogens (tertiary/aromatic N) is 2. The molecule has 0 aromatic heterocycles. The molecule has 1 N–H and O–H groups in total. The van der Waals surface area contributed by atoms with Crippen LogP contribution < -0.4 is 10.2 Å². The number of benzene rings is 2. The van der Waals surface area contributed by atoms with Crippen LogP contribution >= 0.6 is 22.6 Å². The van der Waals surface area contributed by atoms with Crippen molar-refractivity contribution in [2.75, 3.05) is 45.2 Å². The normalized spacial score (nSPS) is 16.8. The fourth-order valence-electron chi connectivity index (χ4n) is 4.00. The van der Waals surface area contributed by atoms with Crippen molar-refractivity contribution in [3.05, 3.63) is 63.2 Å². The summed E-state index contributed by atoms with van der Waals surface area (Å²) in [7, 11) is 4.03. The summed E-state index contributed by atoms with van der Waals surface area (Å²) in [6.07, 6.45) is 1.48. The van der Waals surface area contributed by atoms with Gasteiger partial charge in [0.25, 0.3) is 0 Å². The highest BCUT2D eigenvalue weighted by molar-refractivity contribution is 14.1. The first-order valence-electron chi connectivity index (χ1n) is 9.98. The number of nitrogens with one attached hydrogen (secondary N) is 1. The molecule has 0 bridgehead atoms. The van der Waals surface area contributed by atoms with E-state index >= 15 is 0 Å². The topological polar surface area (TPSA) is 35.6 Å². The van der Waals surface area contributed by atoms with Crippen LogP contribution in [0, 0.1) is 3.57 Å². The van der Waals surface area contributed by atoms with Crippen molar-refractivity contribution >= 4 is 34.1 Å². The second-order valence-electron chi connectivity index (χ2n) is 7.70. The molecule has 1 aliphatic heterocycles. The SMILES string of the molecule is CCC(Cc1ccc(I)cc1)(C(=O)c1ccc(N2CCNCC2)cc1)N(C)C. The van der Waals surface area contributed by atoms with Crippen molar-refractivity contribution in [2.24, 2.45) is 0 Å². The van der Waals surface area contributed by atoms with Gasteiger partial charge in [-0.2, -0.15) is 0 Å². The molecule has 28 heavy (non-hydrogen) atoms. The van der Waals surface area contributed by atoms with Crippen molar-refractivity contribution in [3.8, 4) is 0 Å². The van der Waals surface area contributed by atoms with E-state index in [0.717, 1.165) is 38.2 Å². The van der Waals surface area contributed by atoms with E-state index in [1.165, 1.54) is 14.8 Å². The zero-order chi connectivity index (χ0) is 20.1. The van der Waals surface area contributed by atoms with E-state index in [-0.39, 0.29) is 5.78 Å². The Labute approximate surface area is 182 Å². The molecule has 4 nitrogen and oxygen atoms in total. The van der Waals surface area contributed by atoms with Gasteiger partial charge < -0.3 is 10.2 Å². The first-order valence-corrected chi connectivity index (χ1v) is 11.1. The van der Waals surface area contributed by atoms with Crippen LogP contribution in [-0.4, -0.2) is 56.5 Å². The van der Waals surface area contributed by atoms with E-state index in [1.54, 1.807) is 0 Å². The summed E-state index contributed by atoms with van der Waals surface area (Å²) in [5.74, 6) is 0.199. The lowest BCUT2D eigenvalue weighted by molar-refractivity contribution is 0.0666. The van der Waals surface area contributed by atoms with Gasteiger partial charge in [-0.3, -0.25) is 9.69 Å². The molecule has 1 heterocycles.